The molecule has 7 nitrogen and oxygen atoms in total. The molecule has 0 saturated carbocycles. The van der Waals surface area contributed by atoms with Crippen LogP contribution in [0.3, 0.4) is 0 Å². The summed E-state index contributed by atoms with van der Waals surface area (Å²) in [5, 5.41) is 0.293. The van der Waals surface area contributed by atoms with Gasteiger partial charge in [-0.2, -0.15) is 0 Å². The number of halogens is 1. The highest BCUT2D eigenvalue weighted by molar-refractivity contribution is 6.33. The maximum absolute atomic E-state index is 13.6. The number of aromatic nitrogens is 1. The smallest absolute Gasteiger partial charge is 0.354 e. The molecule has 0 spiro atoms. The van der Waals surface area contributed by atoms with Crippen LogP contribution in [-0.4, -0.2) is 40.3 Å². The molecule has 168 valence electrons. The normalized spacial score (nSPS) is 11.8. The first-order chi connectivity index (χ1) is 15.2. The Hall–Kier alpha value is -3.32. The first-order valence-corrected chi connectivity index (χ1v) is 10.4. The van der Waals surface area contributed by atoms with E-state index in [1.54, 1.807) is 68.8 Å². The average Bonchev–Trinajstić information content (AvgIpc) is 3.37. The number of rotatable bonds is 7. The number of carbonyl (C=O) groups excluding carboxylic acids is 3. The zero-order valence-electron chi connectivity index (χ0n) is 18.6. The second-order valence-electron chi connectivity index (χ2n) is 7.52. The quantitative estimate of drug-likeness (QED) is 0.383. The standard InChI is InChI=1S/C24H25ClN2O5/c1-14-20(15(2)26(4)21(14)24(30)31-5)22(28)16(3)27(13-17-9-8-12-32-17)23(29)18-10-6-7-11-19(18)25/h6-12,16H,13H2,1-5H3. The lowest BCUT2D eigenvalue weighted by atomic mass is 9.99. The van der Waals surface area contributed by atoms with E-state index in [0.717, 1.165) is 0 Å². The van der Waals surface area contributed by atoms with Crippen molar-refractivity contribution in [1.82, 2.24) is 9.47 Å². The molecular weight excluding hydrogens is 432 g/mol. The fourth-order valence-corrected chi connectivity index (χ4v) is 4.04. The third-order valence-electron chi connectivity index (χ3n) is 5.67. The number of hydrogen-bond acceptors (Lipinski definition) is 5. The lowest BCUT2D eigenvalue weighted by Gasteiger charge is -2.28. The summed E-state index contributed by atoms with van der Waals surface area (Å²) in [5.74, 6) is -0.689. The second-order valence-corrected chi connectivity index (χ2v) is 7.92. The molecule has 0 N–H and O–H groups in total. The molecule has 0 aliphatic heterocycles. The highest BCUT2D eigenvalue weighted by atomic mass is 35.5. The van der Waals surface area contributed by atoms with Crippen molar-refractivity contribution in [2.45, 2.75) is 33.4 Å². The minimum absolute atomic E-state index is 0.0821. The largest absolute Gasteiger partial charge is 0.467 e. The van der Waals surface area contributed by atoms with Crippen LogP contribution in [0.2, 0.25) is 5.02 Å². The number of hydrogen-bond donors (Lipinski definition) is 0. The van der Waals surface area contributed by atoms with Gasteiger partial charge in [-0.3, -0.25) is 9.59 Å². The number of ketones is 1. The number of ether oxygens (including phenoxy) is 1. The Kier molecular flexibility index (Phi) is 6.89. The molecule has 1 atom stereocenters. The van der Waals surface area contributed by atoms with Crippen molar-refractivity contribution >= 4 is 29.3 Å². The van der Waals surface area contributed by atoms with Gasteiger partial charge in [0, 0.05) is 18.3 Å². The Morgan fingerprint density at radius 2 is 1.84 bits per heavy atom. The summed E-state index contributed by atoms with van der Waals surface area (Å²) in [5.41, 5.74) is 2.10. The summed E-state index contributed by atoms with van der Waals surface area (Å²) in [7, 11) is 2.99. The predicted octanol–water partition coefficient (Wildman–Crippen LogP) is 4.59. The minimum atomic E-state index is -0.853. The maximum atomic E-state index is 13.6. The molecule has 3 aromatic rings. The minimum Gasteiger partial charge on any atom is -0.467 e. The SMILES string of the molecule is COC(=O)c1c(C)c(C(=O)C(C)N(Cc2ccco2)C(=O)c2ccccc2Cl)c(C)n1C. The Balaban J connectivity index is 2.04. The molecular formula is C24H25ClN2O5. The van der Waals surface area contributed by atoms with E-state index < -0.39 is 17.9 Å². The van der Waals surface area contributed by atoms with Crippen molar-refractivity contribution < 1.29 is 23.5 Å². The van der Waals surface area contributed by atoms with Crippen LogP contribution < -0.4 is 0 Å². The van der Waals surface area contributed by atoms with Crippen LogP contribution in [0.25, 0.3) is 0 Å². The highest BCUT2D eigenvalue weighted by Crippen LogP contribution is 2.27. The summed E-state index contributed by atoms with van der Waals surface area (Å²) in [6, 6.07) is 9.29. The fourth-order valence-electron chi connectivity index (χ4n) is 3.82. The van der Waals surface area contributed by atoms with Crippen LogP contribution in [0, 0.1) is 13.8 Å². The molecule has 0 aliphatic rings. The fraction of sp³-hybridized carbons (Fsp3) is 0.292. The Morgan fingerprint density at radius 3 is 2.44 bits per heavy atom. The molecule has 0 saturated heterocycles. The van der Waals surface area contributed by atoms with Gasteiger partial charge in [-0.15, -0.1) is 0 Å². The maximum Gasteiger partial charge on any atom is 0.354 e. The molecule has 3 rings (SSSR count). The molecule has 0 aliphatic carbocycles. The topological polar surface area (TPSA) is 81.8 Å². The first kappa shape index (κ1) is 23.3. The lowest BCUT2D eigenvalue weighted by Crippen LogP contribution is -2.43. The summed E-state index contributed by atoms with van der Waals surface area (Å²) in [6.45, 7) is 5.20. The first-order valence-electron chi connectivity index (χ1n) is 10.0. The van der Waals surface area contributed by atoms with Gasteiger partial charge in [0.15, 0.2) is 5.78 Å². The van der Waals surface area contributed by atoms with Gasteiger partial charge in [0.1, 0.15) is 11.5 Å². The Morgan fingerprint density at radius 1 is 1.16 bits per heavy atom. The molecule has 2 aromatic heterocycles. The number of furan rings is 1. The van der Waals surface area contributed by atoms with E-state index in [0.29, 0.717) is 33.3 Å². The average molecular weight is 457 g/mol. The molecule has 1 amide bonds. The molecule has 0 radical (unpaired) electrons. The molecule has 2 heterocycles. The van der Waals surface area contributed by atoms with Gasteiger partial charge in [0.25, 0.3) is 5.91 Å². The van der Waals surface area contributed by atoms with E-state index in [-0.39, 0.29) is 17.9 Å². The monoisotopic (exact) mass is 456 g/mol. The zero-order chi connectivity index (χ0) is 23.6. The molecule has 1 unspecified atom stereocenters. The van der Waals surface area contributed by atoms with Crippen molar-refractivity contribution in [2.24, 2.45) is 7.05 Å². The van der Waals surface area contributed by atoms with Crippen LogP contribution in [0.15, 0.2) is 47.1 Å². The number of Topliss-reactive ketones (excluding diaryl/α,β-unsaturated/α-hetero) is 1. The van der Waals surface area contributed by atoms with Gasteiger partial charge >= 0.3 is 5.97 Å². The van der Waals surface area contributed by atoms with E-state index in [4.69, 9.17) is 20.8 Å². The lowest BCUT2D eigenvalue weighted by molar-refractivity contribution is 0.0586. The molecule has 8 heteroatoms. The molecule has 0 fully saturated rings. The Labute approximate surface area is 191 Å². The van der Waals surface area contributed by atoms with Gasteiger partial charge in [-0.25, -0.2) is 4.79 Å². The second kappa shape index (κ2) is 9.44. The summed E-state index contributed by atoms with van der Waals surface area (Å²) in [4.78, 5) is 40.7. The number of benzene rings is 1. The number of methoxy groups -OCH3 is 1. The van der Waals surface area contributed by atoms with Gasteiger partial charge in [0.2, 0.25) is 0 Å². The number of amides is 1. The van der Waals surface area contributed by atoms with Crippen molar-refractivity contribution in [1.29, 1.82) is 0 Å². The van der Waals surface area contributed by atoms with E-state index in [1.807, 2.05) is 0 Å². The molecule has 1 aromatic carbocycles. The van der Waals surface area contributed by atoms with Gasteiger partial charge in [0.05, 0.1) is 36.5 Å². The highest BCUT2D eigenvalue weighted by Gasteiger charge is 2.33. The third-order valence-corrected chi connectivity index (χ3v) is 6.00. The van der Waals surface area contributed by atoms with Gasteiger partial charge in [-0.05, 0) is 50.6 Å². The van der Waals surface area contributed by atoms with E-state index in [9.17, 15) is 14.4 Å². The zero-order valence-corrected chi connectivity index (χ0v) is 19.4. The molecule has 32 heavy (non-hydrogen) atoms. The number of esters is 1. The van der Waals surface area contributed by atoms with Crippen molar-refractivity contribution in [2.75, 3.05) is 7.11 Å². The molecule has 0 bridgehead atoms. The van der Waals surface area contributed by atoms with E-state index >= 15 is 0 Å². The van der Waals surface area contributed by atoms with Gasteiger partial charge in [-0.1, -0.05) is 23.7 Å². The summed E-state index contributed by atoms with van der Waals surface area (Å²) < 4.78 is 11.9. The van der Waals surface area contributed by atoms with Crippen molar-refractivity contribution in [3.05, 3.63) is 81.5 Å². The van der Waals surface area contributed by atoms with Crippen LogP contribution in [0.1, 0.15) is 55.1 Å². The summed E-state index contributed by atoms with van der Waals surface area (Å²) >= 11 is 6.26. The van der Waals surface area contributed by atoms with E-state index in [2.05, 4.69) is 0 Å². The third kappa shape index (κ3) is 4.21. The van der Waals surface area contributed by atoms with Gasteiger partial charge < -0.3 is 18.6 Å². The van der Waals surface area contributed by atoms with Crippen LogP contribution in [0.4, 0.5) is 0 Å². The predicted molar refractivity (Wildman–Crippen MR) is 120 cm³/mol. The van der Waals surface area contributed by atoms with Crippen LogP contribution >= 0.6 is 11.6 Å². The van der Waals surface area contributed by atoms with E-state index in [1.165, 1.54) is 18.3 Å². The van der Waals surface area contributed by atoms with Crippen molar-refractivity contribution in [3.8, 4) is 0 Å². The Bertz CT molecular complexity index is 1160. The van der Waals surface area contributed by atoms with Crippen LogP contribution in [-0.2, 0) is 18.3 Å². The van der Waals surface area contributed by atoms with Crippen LogP contribution in [0.5, 0.6) is 0 Å². The van der Waals surface area contributed by atoms with Crippen molar-refractivity contribution in [3.63, 3.8) is 0 Å². The number of nitrogens with zero attached hydrogens (tertiary/aromatic N) is 2. The summed E-state index contributed by atoms with van der Waals surface area (Å²) in [6.07, 6.45) is 1.51. The number of carbonyl (C=O) groups is 3.